The molecule has 0 aliphatic carbocycles. The first-order valence-corrected chi connectivity index (χ1v) is 6.44. The van der Waals surface area contributed by atoms with Crippen LogP contribution in [0.5, 0.6) is 0 Å². The molecule has 0 aromatic heterocycles. The molecule has 3 nitrogen and oxygen atoms in total. The number of carbonyl (C=O) groups is 1. The molecule has 1 atom stereocenters. The van der Waals surface area contributed by atoms with E-state index in [0.29, 0.717) is 0 Å². The molecule has 4 heteroatoms. The zero-order valence-electron chi connectivity index (χ0n) is 9.58. The van der Waals surface area contributed by atoms with Crippen LogP contribution in [0.4, 0.5) is 5.69 Å². The van der Waals surface area contributed by atoms with Crippen molar-refractivity contribution in [2.24, 2.45) is 5.92 Å². The fraction of sp³-hybridized carbons (Fsp3) is 0.462. The summed E-state index contributed by atoms with van der Waals surface area (Å²) in [4.78, 5) is 14.3. The van der Waals surface area contributed by atoms with E-state index < -0.39 is 0 Å². The lowest BCUT2D eigenvalue weighted by Crippen LogP contribution is -2.35. The Morgan fingerprint density at radius 2 is 2.35 bits per heavy atom. The molecule has 90 valence electrons. The number of fused-ring (bicyclic) bond motifs is 1. The molecular weight excluding hydrogens is 236 g/mol. The highest BCUT2D eigenvalue weighted by molar-refractivity contribution is 6.32. The van der Waals surface area contributed by atoms with Gasteiger partial charge < -0.3 is 10.2 Å². The van der Waals surface area contributed by atoms with Crippen molar-refractivity contribution in [3.05, 3.63) is 28.8 Å². The van der Waals surface area contributed by atoms with Crippen molar-refractivity contribution in [3.8, 4) is 0 Å². The fourth-order valence-electron chi connectivity index (χ4n) is 2.71. The van der Waals surface area contributed by atoms with Crippen LogP contribution < -0.4 is 10.2 Å². The van der Waals surface area contributed by atoms with E-state index in [2.05, 4.69) is 5.32 Å². The number of halogens is 1. The van der Waals surface area contributed by atoms with Gasteiger partial charge in [0.25, 0.3) is 0 Å². The normalized spacial score (nSPS) is 22.9. The van der Waals surface area contributed by atoms with Gasteiger partial charge in [0.2, 0.25) is 5.91 Å². The van der Waals surface area contributed by atoms with Gasteiger partial charge in [-0.3, -0.25) is 4.79 Å². The second-order valence-electron chi connectivity index (χ2n) is 4.67. The molecule has 1 aromatic carbocycles. The van der Waals surface area contributed by atoms with E-state index >= 15 is 0 Å². The van der Waals surface area contributed by atoms with E-state index in [1.54, 1.807) is 0 Å². The lowest BCUT2D eigenvalue weighted by atomic mass is 10.1. The Bertz CT molecular complexity index is 455. The number of carbonyl (C=O) groups excluding carboxylic acids is 1. The summed E-state index contributed by atoms with van der Waals surface area (Å²) in [6.45, 7) is 2.53. The first-order valence-electron chi connectivity index (χ1n) is 6.07. The van der Waals surface area contributed by atoms with Crippen LogP contribution in [-0.2, 0) is 11.2 Å². The van der Waals surface area contributed by atoms with Crippen molar-refractivity contribution in [2.45, 2.75) is 12.8 Å². The SMILES string of the molecule is O=C(C1CCNC1)N1CCc2c(Cl)cccc21. The summed E-state index contributed by atoms with van der Waals surface area (Å²) < 4.78 is 0. The Balaban J connectivity index is 1.88. The van der Waals surface area contributed by atoms with E-state index in [-0.39, 0.29) is 11.8 Å². The van der Waals surface area contributed by atoms with Crippen LogP contribution in [0.25, 0.3) is 0 Å². The predicted octanol–water partition coefficient (Wildman–Crippen LogP) is 1.84. The Kier molecular flexibility index (Phi) is 2.81. The third kappa shape index (κ3) is 1.83. The highest BCUT2D eigenvalue weighted by atomic mass is 35.5. The molecule has 3 rings (SSSR count). The summed E-state index contributed by atoms with van der Waals surface area (Å²) in [6.07, 6.45) is 1.83. The number of hydrogen-bond acceptors (Lipinski definition) is 2. The van der Waals surface area contributed by atoms with Crippen molar-refractivity contribution in [2.75, 3.05) is 24.5 Å². The zero-order valence-corrected chi connectivity index (χ0v) is 10.3. The number of amides is 1. The smallest absolute Gasteiger partial charge is 0.231 e. The minimum atomic E-state index is 0.139. The molecule has 1 fully saturated rings. The van der Waals surface area contributed by atoms with Gasteiger partial charge >= 0.3 is 0 Å². The maximum Gasteiger partial charge on any atom is 0.231 e. The largest absolute Gasteiger partial charge is 0.316 e. The van der Waals surface area contributed by atoms with Gasteiger partial charge in [-0.05, 0) is 37.1 Å². The molecule has 0 spiro atoms. The van der Waals surface area contributed by atoms with Gasteiger partial charge in [0.1, 0.15) is 0 Å². The van der Waals surface area contributed by atoms with Gasteiger partial charge in [-0.25, -0.2) is 0 Å². The summed E-state index contributed by atoms with van der Waals surface area (Å²) in [5.41, 5.74) is 2.13. The minimum Gasteiger partial charge on any atom is -0.316 e. The highest BCUT2D eigenvalue weighted by Crippen LogP contribution is 2.34. The van der Waals surface area contributed by atoms with Gasteiger partial charge in [-0.1, -0.05) is 17.7 Å². The third-order valence-electron chi connectivity index (χ3n) is 3.65. The number of rotatable bonds is 1. The first-order chi connectivity index (χ1) is 8.27. The van der Waals surface area contributed by atoms with E-state index in [9.17, 15) is 4.79 Å². The molecule has 1 amide bonds. The zero-order chi connectivity index (χ0) is 11.8. The number of anilines is 1. The Morgan fingerprint density at radius 3 is 3.12 bits per heavy atom. The topological polar surface area (TPSA) is 32.3 Å². The standard InChI is InChI=1S/C13H15ClN2O/c14-11-2-1-3-12-10(11)5-7-16(12)13(17)9-4-6-15-8-9/h1-3,9,15H,4-8H2. The third-order valence-corrected chi connectivity index (χ3v) is 4.00. The second kappa shape index (κ2) is 4.31. The lowest BCUT2D eigenvalue weighted by Gasteiger charge is -2.20. The molecule has 0 radical (unpaired) electrons. The van der Waals surface area contributed by atoms with Crippen LogP contribution in [0.2, 0.25) is 5.02 Å². The second-order valence-corrected chi connectivity index (χ2v) is 5.07. The number of hydrogen-bond donors (Lipinski definition) is 1. The average Bonchev–Trinajstić information content (AvgIpc) is 2.98. The van der Waals surface area contributed by atoms with Crippen molar-refractivity contribution < 1.29 is 4.79 Å². The summed E-state index contributed by atoms with van der Waals surface area (Å²) in [5, 5.41) is 4.02. The van der Waals surface area contributed by atoms with Gasteiger partial charge in [-0.15, -0.1) is 0 Å². The maximum atomic E-state index is 12.4. The Morgan fingerprint density at radius 1 is 1.47 bits per heavy atom. The Hall–Kier alpha value is -1.06. The quantitative estimate of drug-likeness (QED) is 0.825. The molecule has 1 unspecified atom stereocenters. The molecule has 2 heterocycles. The van der Waals surface area contributed by atoms with Gasteiger partial charge in [0.15, 0.2) is 0 Å². The molecule has 1 saturated heterocycles. The summed E-state index contributed by atoms with van der Waals surface area (Å²) in [6, 6.07) is 5.81. The lowest BCUT2D eigenvalue weighted by molar-refractivity contribution is -0.121. The summed E-state index contributed by atoms with van der Waals surface area (Å²) in [5.74, 6) is 0.385. The molecule has 2 aliphatic rings. The maximum absolute atomic E-state index is 12.4. The molecule has 0 saturated carbocycles. The molecule has 1 aromatic rings. The predicted molar refractivity (Wildman–Crippen MR) is 68.5 cm³/mol. The monoisotopic (exact) mass is 250 g/mol. The van der Waals surface area contributed by atoms with E-state index in [4.69, 9.17) is 11.6 Å². The van der Waals surface area contributed by atoms with E-state index in [0.717, 1.165) is 48.7 Å². The first kappa shape index (κ1) is 11.1. The van der Waals surface area contributed by atoms with E-state index in [1.165, 1.54) is 0 Å². The van der Waals surface area contributed by atoms with Gasteiger partial charge in [0.05, 0.1) is 5.92 Å². The van der Waals surface area contributed by atoms with Crippen molar-refractivity contribution in [1.29, 1.82) is 0 Å². The Labute approximate surface area is 106 Å². The van der Waals surface area contributed by atoms with Crippen molar-refractivity contribution in [3.63, 3.8) is 0 Å². The van der Waals surface area contributed by atoms with Gasteiger partial charge in [0, 0.05) is 23.8 Å². The van der Waals surface area contributed by atoms with Crippen molar-refractivity contribution >= 4 is 23.2 Å². The van der Waals surface area contributed by atoms with Crippen LogP contribution in [0.15, 0.2) is 18.2 Å². The molecule has 0 bridgehead atoms. The molecule has 2 aliphatic heterocycles. The average molecular weight is 251 g/mol. The van der Waals surface area contributed by atoms with Gasteiger partial charge in [-0.2, -0.15) is 0 Å². The molecule has 17 heavy (non-hydrogen) atoms. The van der Waals surface area contributed by atoms with Crippen LogP contribution >= 0.6 is 11.6 Å². The van der Waals surface area contributed by atoms with Crippen LogP contribution in [0, 0.1) is 5.92 Å². The summed E-state index contributed by atoms with van der Waals surface area (Å²) in [7, 11) is 0. The fourth-order valence-corrected chi connectivity index (χ4v) is 2.97. The highest BCUT2D eigenvalue weighted by Gasteiger charge is 2.32. The summed E-state index contributed by atoms with van der Waals surface area (Å²) >= 11 is 6.15. The van der Waals surface area contributed by atoms with Crippen LogP contribution in [-0.4, -0.2) is 25.5 Å². The van der Waals surface area contributed by atoms with Crippen LogP contribution in [0.3, 0.4) is 0 Å². The number of nitrogens with one attached hydrogen (secondary N) is 1. The minimum absolute atomic E-state index is 0.139. The number of benzene rings is 1. The molecule has 1 N–H and O–H groups in total. The van der Waals surface area contributed by atoms with Crippen LogP contribution in [0.1, 0.15) is 12.0 Å². The number of nitrogens with zero attached hydrogens (tertiary/aromatic N) is 1. The van der Waals surface area contributed by atoms with E-state index in [1.807, 2.05) is 23.1 Å². The molecular formula is C13H15ClN2O. The van der Waals surface area contributed by atoms with Crippen molar-refractivity contribution in [1.82, 2.24) is 5.32 Å².